The molecule has 84 valence electrons. The van der Waals surface area contributed by atoms with E-state index in [4.69, 9.17) is 11.6 Å². The minimum Gasteiger partial charge on any atom is -0.236 e. The largest absolute Gasteiger partial charge is 0.236 e. The first-order valence-electron chi connectivity index (χ1n) is 5.27. The quantitative estimate of drug-likeness (QED) is 0.799. The standard InChI is InChI=1S/C12H14ClN3/c1-8(2)11-7-9(3)16(15-11)12-10(13)5-4-6-14-12/h4-8H,1-3H3. The van der Waals surface area contributed by atoms with Crippen molar-refractivity contribution in [2.24, 2.45) is 0 Å². The highest BCUT2D eigenvalue weighted by Gasteiger charge is 2.11. The molecule has 0 aliphatic heterocycles. The van der Waals surface area contributed by atoms with Gasteiger partial charge in [0, 0.05) is 11.9 Å². The smallest absolute Gasteiger partial charge is 0.172 e. The SMILES string of the molecule is Cc1cc(C(C)C)nn1-c1ncccc1Cl. The molecule has 0 atom stereocenters. The van der Waals surface area contributed by atoms with Crippen LogP contribution >= 0.6 is 11.6 Å². The molecule has 2 heterocycles. The monoisotopic (exact) mass is 235 g/mol. The van der Waals surface area contributed by atoms with E-state index in [-0.39, 0.29) is 0 Å². The van der Waals surface area contributed by atoms with E-state index < -0.39 is 0 Å². The molecule has 3 nitrogen and oxygen atoms in total. The van der Waals surface area contributed by atoms with Crippen LogP contribution in [0.25, 0.3) is 5.82 Å². The van der Waals surface area contributed by atoms with Crippen molar-refractivity contribution in [1.29, 1.82) is 0 Å². The Morgan fingerprint density at radius 2 is 2.12 bits per heavy atom. The molecule has 0 saturated carbocycles. The highest BCUT2D eigenvalue weighted by atomic mass is 35.5. The Labute approximate surface area is 100 Å². The number of halogens is 1. The second-order valence-corrected chi connectivity index (χ2v) is 4.49. The van der Waals surface area contributed by atoms with Crippen LogP contribution in [0, 0.1) is 6.92 Å². The first-order chi connectivity index (χ1) is 7.59. The first kappa shape index (κ1) is 11.1. The van der Waals surface area contributed by atoms with Crippen LogP contribution in [-0.4, -0.2) is 14.8 Å². The minimum atomic E-state index is 0.405. The van der Waals surface area contributed by atoms with Crippen molar-refractivity contribution in [3.05, 3.63) is 40.8 Å². The van der Waals surface area contributed by atoms with E-state index in [2.05, 4.69) is 30.0 Å². The first-order valence-corrected chi connectivity index (χ1v) is 5.65. The molecule has 0 radical (unpaired) electrons. The van der Waals surface area contributed by atoms with Gasteiger partial charge >= 0.3 is 0 Å². The van der Waals surface area contributed by atoms with Crippen molar-refractivity contribution in [3.63, 3.8) is 0 Å². The lowest BCUT2D eigenvalue weighted by Crippen LogP contribution is -2.03. The molecule has 4 heteroatoms. The van der Waals surface area contributed by atoms with Gasteiger partial charge in [-0.2, -0.15) is 5.10 Å². The highest BCUT2D eigenvalue weighted by molar-refractivity contribution is 6.32. The Morgan fingerprint density at radius 1 is 1.38 bits per heavy atom. The second-order valence-electron chi connectivity index (χ2n) is 4.09. The molecular formula is C12H14ClN3. The van der Waals surface area contributed by atoms with Crippen LogP contribution in [0.1, 0.15) is 31.2 Å². The van der Waals surface area contributed by atoms with Crippen LogP contribution in [0.4, 0.5) is 0 Å². The third-order valence-electron chi connectivity index (χ3n) is 2.44. The Bertz CT molecular complexity index is 503. The van der Waals surface area contributed by atoms with Crippen LogP contribution in [-0.2, 0) is 0 Å². The Hall–Kier alpha value is -1.35. The summed E-state index contributed by atoms with van der Waals surface area (Å²) in [6.45, 7) is 6.24. The Balaban J connectivity index is 2.52. The van der Waals surface area contributed by atoms with E-state index in [1.807, 2.05) is 19.1 Å². The van der Waals surface area contributed by atoms with Gasteiger partial charge < -0.3 is 0 Å². The van der Waals surface area contributed by atoms with Gasteiger partial charge in [-0.15, -0.1) is 0 Å². The summed E-state index contributed by atoms with van der Waals surface area (Å²) in [5, 5.41) is 5.12. The molecule has 2 aromatic heterocycles. The molecule has 0 amide bonds. The summed E-state index contributed by atoms with van der Waals surface area (Å²) in [6, 6.07) is 5.70. The van der Waals surface area contributed by atoms with E-state index in [0.29, 0.717) is 16.8 Å². The molecule has 0 aliphatic carbocycles. The van der Waals surface area contributed by atoms with Gasteiger partial charge in [-0.25, -0.2) is 9.67 Å². The maximum absolute atomic E-state index is 6.10. The number of hydrogen-bond acceptors (Lipinski definition) is 2. The molecule has 16 heavy (non-hydrogen) atoms. The van der Waals surface area contributed by atoms with Gasteiger partial charge in [0.2, 0.25) is 0 Å². The summed E-state index contributed by atoms with van der Waals surface area (Å²) in [5.41, 5.74) is 2.10. The van der Waals surface area contributed by atoms with Crippen molar-refractivity contribution in [2.45, 2.75) is 26.7 Å². The van der Waals surface area contributed by atoms with Crippen LogP contribution < -0.4 is 0 Å². The van der Waals surface area contributed by atoms with Crippen LogP contribution in [0.2, 0.25) is 5.02 Å². The third kappa shape index (κ3) is 1.95. The van der Waals surface area contributed by atoms with E-state index in [1.165, 1.54) is 0 Å². The summed E-state index contributed by atoms with van der Waals surface area (Å²) in [7, 11) is 0. The van der Waals surface area contributed by atoms with Gasteiger partial charge in [0.25, 0.3) is 0 Å². The lowest BCUT2D eigenvalue weighted by Gasteiger charge is -2.04. The number of aromatic nitrogens is 3. The van der Waals surface area contributed by atoms with Crippen molar-refractivity contribution in [1.82, 2.24) is 14.8 Å². The summed E-state index contributed by atoms with van der Waals surface area (Å²) >= 11 is 6.10. The molecule has 0 N–H and O–H groups in total. The summed E-state index contributed by atoms with van der Waals surface area (Å²) in [4.78, 5) is 4.25. The molecule has 2 aromatic rings. The van der Waals surface area contributed by atoms with Crippen LogP contribution in [0.5, 0.6) is 0 Å². The Kier molecular flexibility index (Phi) is 2.97. The fourth-order valence-electron chi connectivity index (χ4n) is 1.53. The molecular weight excluding hydrogens is 222 g/mol. The normalized spacial score (nSPS) is 11.1. The van der Waals surface area contributed by atoms with Gasteiger partial charge in [-0.3, -0.25) is 0 Å². The maximum Gasteiger partial charge on any atom is 0.172 e. The molecule has 0 bridgehead atoms. The fraction of sp³-hybridized carbons (Fsp3) is 0.333. The zero-order chi connectivity index (χ0) is 11.7. The topological polar surface area (TPSA) is 30.7 Å². The molecule has 2 rings (SSSR count). The van der Waals surface area contributed by atoms with Gasteiger partial charge in [0.1, 0.15) is 0 Å². The third-order valence-corrected chi connectivity index (χ3v) is 2.73. The van der Waals surface area contributed by atoms with Gasteiger partial charge in [-0.05, 0) is 31.0 Å². The molecule has 0 unspecified atom stereocenters. The van der Waals surface area contributed by atoms with E-state index >= 15 is 0 Å². The second kappa shape index (κ2) is 4.26. The van der Waals surface area contributed by atoms with Gasteiger partial charge in [-0.1, -0.05) is 25.4 Å². The van der Waals surface area contributed by atoms with Crippen molar-refractivity contribution < 1.29 is 0 Å². The van der Waals surface area contributed by atoms with E-state index in [9.17, 15) is 0 Å². The van der Waals surface area contributed by atoms with Crippen molar-refractivity contribution >= 4 is 11.6 Å². The summed E-state index contributed by atoms with van der Waals surface area (Å²) < 4.78 is 1.79. The molecule has 0 aromatic carbocycles. The summed E-state index contributed by atoms with van der Waals surface area (Å²) in [5.74, 6) is 1.09. The van der Waals surface area contributed by atoms with Crippen LogP contribution in [0.15, 0.2) is 24.4 Å². The lowest BCUT2D eigenvalue weighted by molar-refractivity contribution is 0.748. The summed E-state index contributed by atoms with van der Waals surface area (Å²) in [6.07, 6.45) is 1.72. The van der Waals surface area contributed by atoms with E-state index in [0.717, 1.165) is 11.4 Å². The van der Waals surface area contributed by atoms with E-state index in [1.54, 1.807) is 10.9 Å². The molecule has 0 aliphatic rings. The molecule has 0 spiro atoms. The van der Waals surface area contributed by atoms with Crippen molar-refractivity contribution in [2.75, 3.05) is 0 Å². The van der Waals surface area contributed by atoms with Crippen molar-refractivity contribution in [3.8, 4) is 5.82 Å². The number of hydrogen-bond donors (Lipinski definition) is 0. The number of nitrogens with zero attached hydrogens (tertiary/aromatic N) is 3. The number of rotatable bonds is 2. The number of aryl methyl sites for hydroxylation is 1. The maximum atomic E-state index is 6.10. The van der Waals surface area contributed by atoms with Gasteiger partial charge in [0.05, 0.1) is 10.7 Å². The lowest BCUT2D eigenvalue weighted by atomic mass is 10.1. The average molecular weight is 236 g/mol. The zero-order valence-corrected chi connectivity index (χ0v) is 10.4. The van der Waals surface area contributed by atoms with Gasteiger partial charge in [0.15, 0.2) is 5.82 Å². The highest BCUT2D eigenvalue weighted by Crippen LogP contribution is 2.21. The predicted molar refractivity (Wildman–Crippen MR) is 65.2 cm³/mol. The average Bonchev–Trinajstić information content (AvgIpc) is 2.61. The van der Waals surface area contributed by atoms with Crippen LogP contribution in [0.3, 0.4) is 0 Å². The zero-order valence-electron chi connectivity index (χ0n) is 9.61. The fourth-order valence-corrected chi connectivity index (χ4v) is 1.73. The Morgan fingerprint density at radius 3 is 2.69 bits per heavy atom. The number of pyridine rings is 1. The predicted octanol–water partition coefficient (Wildman–Crippen LogP) is 3.35. The molecule has 0 fully saturated rings. The molecule has 0 saturated heterocycles. The minimum absolute atomic E-state index is 0.405.